The molecule has 0 fully saturated rings. The number of halogens is 2. The number of aromatic amines is 1. The molecule has 0 aliphatic heterocycles. The van der Waals surface area contributed by atoms with Gasteiger partial charge in [-0.2, -0.15) is 0 Å². The molecule has 1 N–H and O–H groups in total. The van der Waals surface area contributed by atoms with Crippen molar-refractivity contribution in [2.45, 2.75) is 0 Å². The minimum atomic E-state index is -0.273. The molecule has 0 radical (unpaired) electrons. The zero-order chi connectivity index (χ0) is 10.4. The number of H-pyrrole nitrogens is 1. The summed E-state index contributed by atoms with van der Waals surface area (Å²) in [5.74, 6) is -0.273. The van der Waals surface area contributed by atoms with Crippen LogP contribution >= 0.6 is 11.6 Å². The van der Waals surface area contributed by atoms with Crippen molar-refractivity contribution >= 4 is 33.4 Å². The molecule has 0 atom stereocenters. The molecule has 0 amide bonds. The van der Waals surface area contributed by atoms with E-state index in [-0.39, 0.29) is 5.82 Å². The predicted octanol–water partition coefficient (Wildman–Crippen LogP) is 4.11. The highest BCUT2D eigenvalue weighted by Gasteiger charge is 2.10. The predicted molar refractivity (Wildman–Crippen MR) is 60.8 cm³/mol. The topological polar surface area (TPSA) is 15.8 Å². The van der Waals surface area contributed by atoms with Gasteiger partial charge in [0.1, 0.15) is 5.82 Å². The minimum absolute atomic E-state index is 0.273. The van der Waals surface area contributed by atoms with Gasteiger partial charge in [0.2, 0.25) is 0 Å². The highest BCUT2D eigenvalue weighted by molar-refractivity contribution is 6.38. The van der Waals surface area contributed by atoms with Gasteiger partial charge in [-0.05, 0) is 18.2 Å². The van der Waals surface area contributed by atoms with E-state index >= 15 is 0 Å². The highest BCUT2D eigenvalue weighted by atomic mass is 35.5. The van der Waals surface area contributed by atoms with E-state index in [1.54, 1.807) is 6.07 Å². The molecule has 0 aliphatic carbocycles. The van der Waals surface area contributed by atoms with Crippen LogP contribution in [0.3, 0.4) is 0 Å². The quantitative estimate of drug-likeness (QED) is 0.586. The van der Waals surface area contributed by atoms with Crippen LogP contribution in [0.15, 0.2) is 36.4 Å². The molecule has 1 aromatic heterocycles. The molecule has 0 spiro atoms. The molecule has 74 valence electrons. The third-order valence-electron chi connectivity index (χ3n) is 2.56. The van der Waals surface area contributed by atoms with E-state index in [1.807, 2.05) is 24.3 Å². The summed E-state index contributed by atoms with van der Waals surface area (Å²) in [7, 11) is 0. The fourth-order valence-corrected chi connectivity index (χ4v) is 2.14. The lowest BCUT2D eigenvalue weighted by Crippen LogP contribution is -1.77. The van der Waals surface area contributed by atoms with Crippen molar-refractivity contribution in [3.63, 3.8) is 0 Å². The summed E-state index contributed by atoms with van der Waals surface area (Å²) in [5, 5.41) is 2.29. The number of benzene rings is 2. The van der Waals surface area contributed by atoms with Gasteiger partial charge in [0.15, 0.2) is 0 Å². The van der Waals surface area contributed by atoms with Crippen LogP contribution in [0.2, 0.25) is 5.02 Å². The average molecular weight is 220 g/mol. The Labute approximate surface area is 90.5 Å². The summed E-state index contributed by atoms with van der Waals surface area (Å²) < 4.78 is 13.5. The van der Waals surface area contributed by atoms with E-state index in [1.165, 1.54) is 6.07 Å². The van der Waals surface area contributed by atoms with E-state index in [0.717, 1.165) is 16.3 Å². The van der Waals surface area contributed by atoms with Crippen LogP contribution in [0.4, 0.5) is 4.39 Å². The average Bonchev–Trinajstić information content (AvgIpc) is 2.64. The fraction of sp³-hybridized carbons (Fsp3) is 0. The lowest BCUT2D eigenvalue weighted by Gasteiger charge is -1.95. The summed E-state index contributed by atoms with van der Waals surface area (Å²) in [5.41, 5.74) is 1.38. The third kappa shape index (κ3) is 1.15. The zero-order valence-corrected chi connectivity index (χ0v) is 8.48. The molecule has 0 saturated heterocycles. The Morgan fingerprint density at radius 1 is 1.07 bits per heavy atom. The Hall–Kier alpha value is -1.54. The van der Waals surface area contributed by atoms with Gasteiger partial charge in [-0.3, -0.25) is 0 Å². The zero-order valence-electron chi connectivity index (χ0n) is 7.72. The van der Waals surface area contributed by atoms with Crippen LogP contribution in [0.1, 0.15) is 0 Å². The Kier molecular flexibility index (Phi) is 1.73. The third-order valence-corrected chi connectivity index (χ3v) is 2.87. The molecule has 0 saturated carbocycles. The Bertz CT molecular complexity index is 657. The van der Waals surface area contributed by atoms with Gasteiger partial charge in [0.25, 0.3) is 0 Å². The summed E-state index contributed by atoms with van der Waals surface area (Å²) >= 11 is 6.06. The van der Waals surface area contributed by atoms with E-state index in [2.05, 4.69) is 4.98 Å². The summed E-state index contributed by atoms with van der Waals surface area (Å²) in [6.07, 6.45) is 0. The minimum Gasteiger partial charge on any atom is -0.352 e. The van der Waals surface area contributed by atoms with E-state index in [9.17, 15) is 4.39 Å². The molecule has 3 heteroatoms. The first kappa shape index (κ1) is 8.74. The summed E-state index contributed by atoms with van der Waals surface area (Å²) in [4.78, 5) is 3.03. The molecule has 3 aromatic rings. The first-order valence-corrected chi connectivity index (χ1v) is 4.99. The number of hydrogen-bond donors (Lipinski definition) is 1. The second-order valence-corrected chi connectivity index (χ2v) is 3.86. The molecule has 1 nitrogen and oxygen atoms in total. The lowest BCUT2D eigenvalue weighted by molar-refractivity contribution is 0.637. The molecule has 3 rings (SSSR count). The molecule has 1 heterocycles. The van der Waals surface area contributed by atoms with Crippen molar-refractivity contribution in [1.82, 2.24) is 4.98 Å². The number of rotatable bonds is 0. The van der Waals surface area contributed by atoms with Crippen LogP contribution in [-0.2, 0) is 0 Å². The van der Waals surface area contributed by atoms with Gasteiger partial charge in [-0.25, -0.2) is 4.39 Å². The summed E-state index contributed by atoms with van der Waals surface area (Å²) in [6.45, 7) is 0. The monoisotopic (exact) mass is 219 g/mol. The first-order chi connectivity index (χ1) is 7.27. The Morgan fingerprint density at radius 3 is 2.73 bits per heavy atom. The Balaban J connectivity index is 2.66. The van der Waals surface area contributed by atoms with Gasteiger partial charge in [0, 0.05) is 16.3 Å². The van der Waals surface area contributed by atoms with E-state index < -0.39 is 0 Å². The first-order valence-electron chi connectivity index (χ1n) is 4.62. The molecule has 2 aromatic carbocycles. The fourth-order valence-electron chi connectivity index (χ4n) is 1.88. The van der Waals surface area contributed by atoms with Gasteiger partial charge in [-0.1, -0.05) is 29.8 Å². The SMILES string of the molecule is Fc1ccc(Cl)c2c1[nH]c1ccccc12. The van der Waals surface area contributed by atoms with Crippen molar-refractivity contribution in [3.8, 4) is 0 Å². The molecule has 15 heavy (non-hydrogen) atoms. The van der Waals surface area contributed by atoms with Crippen molar-refractivity contribution in [2.24, 2.45) is 0 Å². The molecule has 0 unspecified atom stereocenters. The molecule has 0 aliphatic rings. The van der Waals surface area contributed by atoms with E-state index in [0.29, 0.717) is 10.5 Å². The van der Waals surface area contributed by atoms with Crippen LogP contribution in [0.5, 0.6) is 0 Å². The maximum Gasteiger partial charge on any atom is 0.147 e. The van der Waals surface area contributed by atoms with Crippen LogP contribution in [0.25, 0.3) is 21.8 Å². The number of para-hydroxylation sites is 1. The number of fused-ring (bicyclic) bond motifs is 3. The van der Waals surface area contributed by atoms with Gasteiger partial charge in [0.05, 0.1) is 10.5 Å². The number of hydrogen-bond acceptors (Lipinski definition) is 0. The normalized spacial score (nSPS) is 11.3. The van der Waals surface area contributed by atoms with Gasteiger partial charge in [-0.15, -0.1) is 0 Å². The van der Waals surface area contributed by atoms with Crippen molar-refractivity contribution in [1.29, 1.82) is 0 Å². The molecular weight excluding hydrogens is 213 g/mol. The van der Waals surface area contributed by atoms with Gasteiger partial charge >= 0.3 is 0 Å². The van der Waals surface area contributed by atoms with Crippen molar-refractivity contribution < 1.29 is 4.39 Å². The van der Waals surface area contributed by atoms with Crippen molar-refractivity contribution in [3.05, 3.63) is 47.2 Å². The smallest absolute Gasteiger partial charge is 0.147 e. The largest absolute Gasteiger partial charge is 0.352 e. The van der Waals surface area contributed by atoms with Crippen LogP contribution < -0.4 is 0 Å². The van der Waals surface area contributed by atoms with Crippen molar-refractivity contribution in [2.75, 3.05) is 0 Å². The standard InChI is InChI=1S/C12H7ClFN/c13-8-5-6-9(14)12-11(8)7-3-1-2-4-10(7)15-12/h1-6,15H. The maximum absolute atomic E-state index is 13.5. The molecular formula is C12H7ClFN. The van der Waals surface area contributed by atoms with Gasteiger partial charge < -0.3 is 4.98 Å². The van der Waals surface area contributed by atoms with Crippen LogP contribution in [-0.4, -0.2) is 4.98 Å². The maximum atomic E-state index is 13.5. The van der Waals surface area contributed by atoms with E-state index in [4.69, 9.17) is 11.6 Å². The second-order valence-electron chi connectivity index (χ2n) is 3.45. The number of nitrogens with one attached hydrogen (secondary N) is 1. The van der Waals surface area contributed by atoms with Crippen LogP contribution in [0, 0.1) is 5.82 Å². The highest BCUT2D eigenvalue weighted by Crippen LogP contribution is 2.32. The Morgan fingerprint density at radius 2 is 1.87 bits per heavy atom. The second kappa shape index (κ2) is 2.97. The number of aromatic nitrogens is 1. The lowest BCUT2D eigenvalue weighted by atomic mass is 10.1. The summed E-state index contributed by atoms with van der Waals surface area (Å²) in [6, 6.07) is 10.6. The molecule has 0 bridgehead atoms.